The molecule has 0 bridgehead atoms. The second kappa shape index (κ2) is 4.28. The fraction of sp³-hybridized carbons (Fsp3) is 0.750. The average molecular weight is 265 g/mol. The van der Waals surface area contributed by atoms with Gasteiger partial charge in [0, 0.05) is 5.92 Å². The fourth-order valence-electron chi connectivity index (χ4n) is 2.59. The Balaban J connectivity index is 2.02. The van der Waals surface area contributed by atoms with Crippen LogP contribution in [0.15, 0.2) is 0 Å². The number of hydrogen-bond acceptors (Lipinski definition) is 5. The van der Waals surface area contributed by atoms with Crippen molar-refractivity contribution in [3.63, 3.8) is 0 Å². The molecule has 18 heavy (non-hydrogen) atoms. The van der Waals surface area contributed by atoms with E-state index in [1.165, 1.54) is 19.3 Å². The predicted octanol–water partition coefficient (Wildman–Crippen LogP) is 2.43. The molecule has 1 fully saturated rings. The molecule has 3 rings (SSSR count). The van der Waals surface area contributed by atoms with Crippen molar-refractivity contribution in [3.05, 3.63) is 10.8 Å². The summed E-state index contributed by atoms with van der Waals surface area (Å²) in [4.78, 5) is 0.865. The molecule has 98 valence electrons. The number of nitrogens with two attached hydrogens (primary N) is 1. The van der Waals surface area contributed by atoms with Crippen LogP contribution in [0.1, 0.15) is 62.7 Å². The lowest BCUT2D eigenvalue weighted by molar-refractivity contribution is 0.299. The third-order valence-electron chi connectivity index (χ3n) is 3.70. The van der Waals surface area contributed by atoms with Crippen molar-refractivity contribution >= 4 is 16.3 Å². The molecule has 0 spiro atoms. The summed E-state index contributed by atoms with van der Waals surface area (Å²) in [5.74, 6) is 1.25. The molecular weight excluding hydrogens is 246 g/mol. The first kappa shape index (κ1) is 12.0. The van der Waals surface area contributed by atoms with E-state index < -0.39 is 0 Å². The van der Waals surface area contributed by atoms with Gasteiger partial charge >= 0.3 is 0 Å². The van der Waals surface area contributed by atoms with E-state index in [0.29, 0.717) is 5.92 Å². The first-order chi connectivity index (χ1) is 8.60. The molecule has 2 aromatic rings. The molecule has 0 radical (unpaired) electrons. The Morgan fingerprint density at radius 3 is 2.61 bits per heavy atom. The largest absolute Gasteiger partial charge is 0.319 e. The van der Waals surface area contributed by atoms with E-state index in [4.69, 9.17) is 5.73 Å². The second-order valence-electron chi connectivity index (χ2n) is 5.53. The van der Waals surface area contributed by atoms with Crippen LogP contribution in [0.3, 0.4) is 0 Å². The summed E-state index contributed by atoms with van der Waals surface area (Å²) in [5, 5.41) is 14.1. The van der Waals surface area contributed by atoms with E-state index in [1.807, 2.05) is 4.52 Å². The Morgan fingerprint density at radius 2 is 1.94 bits per heavy atom. The number of hydrogen-bond donors (Lipinski definition) is 1. The van der Waals surface area contributed by atoms with Gasteiger partial charge in [-0.15, -0.1) is 10.2 Å². The van der Waals surface area contributed by atoms with Crippen LogP contribution >= 0.6 is 11.3 Å². The highest BCUT2D eigenvalue weighted by molar-refractivity contribution is 7.16. The van der Waals surface area contributed by atoms with Gasteiger partial charge in [0.2, 0.25) is 4.96 Å². The summed E-state index contributed by atoms with van der Waals surface area (Å²) < 4.78 is 1.87. The molecule has 6 heteroatoms. The molecule has 2 heterocycles. The zero-order valence-corrected chi connectivity index (χ0v) is 11.7. The van der Waals surface area contributed by atoms with Gasteiger partial charge in [0.15, 0.2) is 5.82 Å². The standard InChI is InChI=1S/C12H19N5S/c1-8(2)9-14-15-11-17(9)16-10(18-11)12(13)6-4-3-5-7-12/h8H,3-7,13H2,1-2H3. The Kier molecular flexibility index (Phi) is 2.86. The van der Waals surface area contributed by atoms with Crippen molar-refractivity contribution in [2.24, 2.45) is 5.73 Å². The van der Waals surface area contributed by atoms with Gasteiger partial charge in [-0.1, -0.05) is 44.4 Å². The maximum atomic E-state index is 6.52. The van der Waals surface area contributed by atoms with Crippen LogP contribution in [0, 0.1) is 0 Å². The van der Waals surface area contributed by atoms with Gasteiger partial charge in [0.25, 0.3) is 0 Å². The highest BCUT2D eigenvalue weighted by Gasteiger charge is 2.33. The van der Waals surface area contributed by atoms with Crippen molar-refractivity contribution in [1.29, 1.82) is 0 Å². The summed E-state index contributed by atoms with van der Waals surface area (Å²) in [5.41, 5.74) is 6.28. The summed E-state index contributed by atoms with van der Waals surface area (Å²) in [6.45, 7) is 4.21. The van der Waals surface area contributed by atoms with E-state index in [1.54, 1.807) is 11.3 Å². The fourth-order valence-corrected chi connectivity index (χ4v) is 3.60. The third kappa shape index (κ3) is 1.83. The average Bonchev–Trinajstić information content (AvgIpc) is 2.88. The summed E-state index contributed by atoms with van der Waals surface area (Å²) >= 11 is 1.59. The molecule has 2 aromatic heterocycles. The topological polar surface area (TPSA) is 69.1 Å². The molecule has 2 N–H and O–H groups in total. The lowest BCUT2D eigenvalue weighted by atomic mass is 9.83. The van der Waals surface area contributed by atoms with Crippen LogP contribution in [0.4, 0.5) is 0 Å². The van der Waals surface area contributed by atoms with Gasteiger partial charge in [0.05, 0.1) is 5.54 Å². The zero-order valence-electron chi connectivity index (χ0n) is 10.9. The van der Waals surface area contributed by atoms with Crippen molar-refractivity contribution in [2.75, 3.05) is 0 Å². The monoisotopic (exact) mass is 265 g/mol. The summed E-state index contributed by atoms with van der Waals surface area (Å²) in [7, 11) is 0. The number of nitrogens with zero attached hydrogens (tertiary/aromatic N) is 4. The van der Waals surface area contributed by atoms with Crippen LogP contribution in [-0.4, -0.2) is 19.8 Å². The normalized spacial score (nSPS) is 19.8. The highest BCUT2D eigenvalue weighted by Crippen LogP contribution is 2.36. The van der Waals surface area contributed by atoms with Crippen molar-refractivity contribution in [3.8, 4) is 0 Å². The Labute approximate surface area is 110 Å². The lowest BCUT2D eigenvalue weighted by Gasteiger charge is -2.30. The van der Waals surface area contributed by atoms with Gasteiger partial charge < -0.3 is 5.73 Å². The Hall–Kier alpha value is -1.01. The maximum absolute atomic E-state index is 6.52. The molecule has 1 saturated carbocycles. The third-order valence-corrected chi connectivity index (χ3v) is 4.82. The van der Waals surface area contributed by atoms with Crippen LogP contribution in [-0.2, 0) is 5.54 Å². The number of fused-ring (bicyclic) bond motifs is 1. The molecular formula is C12H19N5S. The van der Waals surface area contributed by atoms with Gasteiger partial charge in [-0.3, -0.25) is 0 Å². The van der Waals surface area contributed by atoms with E-state index >= 15 is 0 Å². The maximum Gasteiger partial charge on any atom is 0.234 e. The number of aromatic nitrogens is 4. The molecule has 0 aromatic carbocycles. The van der Waals surface area contributed by atoms with Crippen molar-refractivity contribution in [2.45, 2.75) is 57.4 Å². The van der Waals surface area contributed by atoms with Gasteiger partial charge in [-0.25, -0.2) is 0 Å². The predicted molar refractivity (Wildman–Crippen MR) is 71.7 cm³/mol. The minimum atomic E-state index is -0.238. The molecule has 0 aliphatic heterocycles. The molecule has 5 nitrogen and oxygen atoms in total. The van der Waals surface area contributed by atoms with Crippen LogP contribution in [0.5, 0.6) is 0 Å². The summed E-state index contributed by atoms with van der Waals surface area (Å²) in [6, 6.07) is 0. The SMILES string of the molecule is CC(C)c1nnc2sc(C3(N)CCCCC3)nn12. The highest BCUT2D eigenvalue weighted by atomic mass is 32.1. The number of rotatable bonds is 2. The van der Waals surface area contributed by atoms with Gasteiger partial charge in [-0.05, 0) is 12.8 Å². The van der Waals surface area contributed by atoms with E-state index in [9.17, 15) is 0 Å². The Bertz CT molecular complexity index is 550. The minimum Gasteiger partial charge on any atom is -0.319 e. The minimum absolute atomic E-state index is 0.238. The van der Waals surface area contributed by atoms with Crippen molar-refractivity contribution < 1.29 is 0 Å². The van der Waals surface area contributed by atoms with E-state index in [-0.39, 0.29) is 5.54 Å². The molecule has 0 atom stereocenters. The van der Waals surface area contributed by atoms with Crippen LogP contribution < -0.4 is 5.73 Å². The molecule has 0 amide bonds. The van der Waals surface area contributed by atoms with Crippen LogP contribution in [0.2, 0.25) is 0 Å². The summed E-state index contributed by atoms with van der Waals surface area (Å²) in [6.07, 6.45) is 5.77. The van der Waals surface area contributed by atoms with E-state index in [2.05, 4.69) is 29.1 Å². The molecule has 0 unspecified atom stereocenters. The molecule has 1 aliphatic carbocycles. The van der Waals surface area contributed by atoms with Gasteiger partial charge in [-0.2, -0.15) is 9.61 Å². The van der Waals surface area contributed by atoms with Gasteiger partial charge in [0.1, 0.15) is 5.01 Å². The smallest absolute Gasteiger partial charge is 0.234 e. The molecule has 1 aliphatic rings. The van der Waals surface area contributed by atoms with Crippen LogP contribution in [0.25, 0.3) is 4.96 Å². The second-order valence-corrected chi connectivity index (χ2v) is 6.49. The van der Waals surface area contributed by atoms with Crippen molar-refractivity contribution in [1.82, 2.24) is 19.8 Å². The molecule has 0 saturated heterocycles. The first-order valence-electron chi connectivity index (χ1n) is 6.62. The Morgan fingerprint density at radius 1 is 1.22 bits per heavy atom. The lowest BCUT2D eigenvalue weighted by Crippen LogP contribution is -2.38. The first-order valence-corrected chi connectivity index (χ1v) is 7.43. The van der Waals surface area contributed by atoms with E-state index in [0.717, 1.165) is 28.6 Å². The quantitative estimate of drug-likeness (QED) is 0.905. The zero-order chi connectivity index (χ0) is 12.8.